The molecule has 0 atom stereocenters. The van der Waals surface area contributed by atoms with Crippen LogP contribution in [0.5, 0.6) is 0 Å². The molecule has 0 saturated carbocycles. The van der Waals surface area contributed by atoms with Gasteiger partial charge in [-0.25, -0.2) is 0 Å². The first kappa shape index (κ1) is 17.2. The van der Waals surface area contributed by atoms with Gasteiger partial charge in [-0.1, -0.05) is 12.1 Å². The van der Waals surface area contributed by atoms with Gasteiger partial charge in [0.25, 0.3) is 5.91 Å². The van der Waals surface area contributed by atoms with Crippen molar-refractivity contribution in [2.24, 2.45) is 0 Å². The van der Waals surface area contributed by atoms with Crippen LogP contribution in [0.15, 0.2) is 36.4 Å². The van der Waals surface area contributed by atoms with Crippen LogP contribution in [0, 0.1) is 13.8 Å². The minimum Gasteiger partial charge on any atom is -0.316 e. The van der Waals surface area contributed by atoms with E-state index in [1.807, 2.05) is 17.0 Å². The van der Waals surface area contributed by atoms with Gasteiger partial charge in [-0.15, -0.1) is 0 Å². The standard InChI is InChI=1S/C21H24N2O2/c1-14-7-8-17-6-5-13-23(20(17)15(14)2)21(25)18-9-11-19(12-10-18)22(4)16(3)24/h7-12H,5-6,13H2,1-4H3. The largest absolute Gasteiger partial charge is 0.316 e. The van der Waals surface area contributed by atoms with E-state index < -0.39 is 0 Å². The number of nitrogens with zero attached hydrogens (tertiary/aromatic N) is 2. The molecule has 3 rings (SSSR count). The number of rotatable bonds is 2. The number of carbonyl (C=O) groups excluding carboxylic acids is 2. The molecule has 4 heteroatoms. The minimum atomic E-state index is -0.0323. The van der Waals surface area contributed by atoms with Crippen molar-refractivity contribution in [1.29, 1.82) is 0 Å². The lowest BCUT2D eigenvalue weighted by Crippen LogP contribution is -2.36. The second-order valence-corrected chi connectivity index (χ2v) is 6.70. The maximum absolute atomic E-state index is 13.1. The van der Waals surface area contributed by atoms with E-state index >= 15 is 0 Å². The molecule has 1 aliphatic rings. The van der Waals surface area contributed by atoms with E-state index in [2.05, 4.69) is 26.0 Å². The molecule has 0 saturated heterocycles. The summed E-state index contributed by atoms with van der Waals surface area (Å²) in [5.41, 5.74) is 6.14. The summed E-state index contributed by atoms with van der Waals surface area (Å²) >= 11 is 0. The Labute approximate surface area is 149 Å². The molecule has 2 amide bonds. The van der Waals surface area contributed by atoms with Crippen molar-refractivity contribution in [1.82, 2.24) is 0 Å². The zero-order valence-electron chi connectivity index (χ0n) is 15.3. The minimum absolute atomic E-state index is 0.0201. The first-order valence-electron chi connectivity index (χ1n) is 8.65. The molecule has 2 aromatic carbocycles. The van der Waals surface area contributed by atoms with Crippen LogP contribution in [0.4, 0.5) is 11.4 Å². The van der Waals surface area contributed by atoms with Crippen molar-refractivity contribution in [2.45, 2.75) is 33.6 Å². The Bertz CT molecular complexity index is 825. The second kappa shape index (κ2) is 6.71. The molecule has 0 aliphatic carbocycles. The Kier molecular flexibility index (Phi) is 4.62. The fraction of sp³-hybridized carbons (Fsp3) is 0.333. The first-order valence-corrected chi connectivity index (χ1v) is 8.65. The Morgan fingerprint density at radius 3 is 2.36 bits per heavy atom. The number of hydrogen-bond acceptors (Lipinski definition) is 2. The second-order valence-electron chi connectivity index (χ2n) is 6.70. The van der Waals surface area contributed by atoms with E-state index in [0.717, 1.165) is 30.8 Å². The van der Waals surface area contributed by atoms with E-state index in [1.54, 1.807) is 24.1 Å². The monoisotopic (exact) mass is 336 g/mol. The average Bonchev–Trinajstić information content (AvgIpc) is 2.63. The lowest BCUT2D eigenvalue weighted by atomic mass is 9.94. The number of anilines is 2. The molecule has 130 valence electrons. The maximum Gasteiger partial charge on any atom is 0.258 e. The number of aryl methyl sites for hydroxylation is 2. The van der Waals surface area contributed by atoms with Gasteiger partial charge in [-0.05, 0) is 67.6 Å². The Balaban J connectivity index is 1.93. The summed E-state index contributed by atoms with van der Waals surface area (Å²) in [4.78, 5) is 28.0. The van der Waals surface area contributed by atoms with Gasteiger partial charge >= 0.3 is 0 Å². The Morgan fingerprint density at radius 1 is 1.04 bits per heavy atom. The predicted molar refractivity (Wildman–Crippen MR) is 101 cm³/mol. The van der Waals surface area contributed by atoms with Gasteiger partial charge in [0.1, 0.15) is 0 Å². The van der Waals surface area contributed by atoms with Crippen LogP contribution >= 0.6 is 0 Å². The van der Waals surface area contributed by atoms with Crippen molar-refractivity contribution in [2.75, 3.05) is 23.4 Å². The van der Waals surface area contributed by atoms with Crippen LogP contribution in [0.2, 0.25) is 0 Å². The van der Waals surface area contributed by atoms with Crippen LogP contribution in [0.1, 0.15) is 40.4 Å². The number of fused-ring (bicyclic) bond motifs is 1. The predicted octanol–water partition coefficient (Wildman–Crippen LogP) is 3.88. The molecule has 4 nitrogen and oxygen atoms in total. The number of benzene rings is 2. The Morgan fingerprint density at radius 2 is 1.72 bits per heavy atom. The van der Waals surface area contributed by atoms with E-state index in [1.165, 1.54) is 23.6 Å². The highest BCUT2D eigenvalue weighted by atomic mass is 16.2. The van der Waals surface area contributed by atoms with Crippen molar-refractivity contribution >= 4 is 23.2 Å². The molecule has 0 spiro atoms. The van der Waals surface area contributed by atoms with Gasteiger partial charge in [0.2, 0.25) is 5.91 Å². The number of hydrogen-bond donors (Lipinski definition) is 0. The molecule has 0 aromatic heterocycles. The molecule has 0 fully saturated rings. The van der Waals surface area contributed by atoms with Gasteiger partial charge in [-0.3, -0.25) is 9.59 Å². The fourth-order valence-electron chi connectivity index (χ4n) is 3.34. The summed E-state index contributed by atoms with van der Waals surface area (Å²) in [7, 11) is 1.73. The van der Waals surface area contributed by atoms with E-state index in [0.29, 0.717) is 5.56 Å². The molecule has 0 bridgehead atoms. The van der Waals surface area contributed by atoms with E-state index in [4.69, 9.17) is 0 Å². The van der Waals surface area contributed by atoms with Crippen molar-refractivity contribution in [3.05, 3.63) is 58.7 Å². The molecule has 1 aliphatic heterocycles. The summed E-state index contributed by atoms with van der Waals surface area (Å²) in [6, 6.07) is 11.5. The summed E-state index contributed by atoms with van der Waals surface area (Å²) in [6.07, 6.45) is 2.00. The van der Waals surface area contributed by atoms with Crippen LogP contribution < -0.4 is 9.80 Å². The van der Waals surface area contributed by atoms with Crippen molar-refractivity contribution in [3.8, 4) is 0 Å². The molecule has 0 radical (unpaired) electrons. The summed E-state index contributed by atoms with van der Waals surface area (Å²) in [5, 5.41) is 0. The lowest BCUT2D eigenvalue weighted by molar-refractivity contribution is -0.116. The van der Waals surface area contributed by atoms with E-state index in [9.17, 15) is 9.59 Å². The normalized spacial score (nSPS) is 13.4. The maximum atomic E-state index is 13.1. The third-order valence-corrected chi connectivity index (χ3v) is 5.10. The quantitative estimate of drug-likeness (QED) is 0.835. The smallest absolute Gasteiger partial charge is 0.258 e. The molecule has 25 heavy (non-hydrogen) atoms. The third kappa shape index (κ3) is 3.16. The molecule has 1 heterocycles. The van der Waals surface area contributed by atoms with Crippen LogP contribution in [0.25, 0.3) is 0 Å². The van der Waals surface area contributed by atoms with Gasteiger partial charge in [0, 0.05) is 31.8 Å². The van der Waals surface area contributed by atoms with Gasteiger partial charge in [0.15, 0.2) is 0 Å². The lowest BCUT2D eigenvalue weighted by Gasteiger charge is -2.32. The fourth-order valence-corrected chi connectivity index (χ4v) is 3.34. The van der Waals surface area contributed by atoms with Crippen LogP contribution in [0.3, 0.4) is 0 Å². The molecular formula is C21H24N2O2. The third-order valence-electron chi connectivity index (χ3n) is 5.10. The highest BCUT2D eigenvalue weighted by molar-refractivity contribution is 6.07. The van der Waals surface area contributed by atoms with Crippen molar-refractivity contribution in [3.63, 3.8) is 0 Å². The summed E-state index contributed by atoms with van der Waals surface area (Å²) in [5.74, 6) is -0.0122. The number of carbonyl (C=O) groups is 2. The zero-order valence-corrected chi connectivity index (χ0v) is 15.3. The van der Waals surface area contributed by atoms with Crippen LogP contribution in [-0.2, 0) is 11.2 Å². The summed E-state index contributed by atoms with van der Waals surface area (Å²) in [6.45, 7) is 6.43. The highest BCUT2D eigenvalue weighted by Crippen LogP contribution is 2.33. The number of amides is 2. The van der Waals surface area contributed by atoms with Gasteiger partial charge in [0.05, 0.1) is 5.69 Å². The molecule has 0 unspecified atom stereocenters. The molecule has 0 N–H and O–H groups in total. The van der Waals surface area contributed by atoms with Crippen LogP contribution in [-0.4, -0.2) is 25.4 Å². The zero-order chi connectivity index (χ0) is 18.1. The van der Waals surface area contributed by atoms with Gasteiger partial charge < -0.3 is 9.80 Å². The van der Waals surface area contributed by atoms with E-state index in [-0.39, 0.29) is 11.8 Å². The molecule has 2 aromatic rings. The van der Waals surface area contributed by atoms with Gasteiger partial charge in [-0.2, -0.15) is 0 Å². The highest BCUT2D eigenvalue weighted by Gasteiger charge is 2.25. The Hall–Kier alpha value is -2.62. The van der Waals surface area contributed by atoms with Crippen molar-refractivity contribution < 1.29 is 9.59 Å². The molecular weight excluding hydrogens is 312 g/mol. The topological polar surface area (TPSA) is 40.6 Å². The first-order chi connectivity index (χ1) is 11.9. The average molecular weight is 336 g/mol. The summed E-state index contributed by atoms with van der Waals surface area (Å²) < 4.78 is 0. The SMILES string of the molecule is CC(=O)N(C)c1ccc(C(=O)N2CCCc3ccc(C)c(C)c32)cc1.